The Morgan fingerprint density at radius 3 is 2.49 bits per heavy atom. The molecule has 0 radical (unpaired) electrons. The Bertz CT molecular complexity index is 1570. The number of halogens is 4. The summed E-state index contributed by atoms with van der Waals surface area (Å²) >= 11 is 0. The molecule has 2 aromatic heterocycles. The summed E-state index contributed by atoms with van der Waals surface area (Å²) < 4.78 is 70.5. The summed E-state index contributed by atoms with van der Waals surface area (Å²) in [7, 11) is 0. The number of nitrogens with zero attached hydrogens (tertiary/aromatic N) is 4. The zero-order valence-corrected chi connectivity index (χ0v) is 22.1. The van der Waals surface area contributed by atoms with E-state index in [0.717, 1.165) is 19.3 Å². The van der Waals surface area contributed by atoms with Gasteiger partial charge in [-0.2, -0.15) is 17.6 Å². The van der Waals surface area contributed by atoms with Crippen LogP contribution < -0.4 is 4.74 Å². The highest BCUT2D eigenvalue weighted by molar-refractivity contribution is 6.00. The Balaban J connectivity index is 1.49. The average molecular weight is 565 g/mol. The number of alkyl halides is 3. The minimum atomic E-state index is -4.49. The van der Waals surface area contributed by atoms with Crippen LogP contribution in [0.15, 0.2) is 71.9 Å². The lowest BCUT2D eigenvalue weighted by Gasteiger charge is -2.23. The number of rotatable bonds is 7. The second-order valence-corrected chi connectivity index (χ2v) is 10.2. The molecule has 6 rings (SSSR count). The van der Waals surface area contributed by atoms with Gasteiger partial charge in [0.05, 0.1) is 17.3 Å². The first kappa shape index (κ1) is 27.1. The van der Waals surface area contributed by atoms with Crippen LogP contribution in [0, 0.1) is 5.95 Å². The van der Waals surface area contributed by atoms with Crippen molar-refractivity contribution in [2.75, 3.05) is 13.2 Å². The van der Waals surface area contributed by atoms with Gasteiger partial charge in [0.2, 0.25) is 11.8 Å². The van der Waals surface area contributed by atoms with Gasteiger partial charge in [0.1, 0.15) is 6.10 Å². The number of allylic oxidation sites excluding steroid dienone is 1. The Labute approximate surface area is 234 Å². The molecule has 4 aromatic rings. The third-order valence-corrected chi connectivity index (χ3v) is 7.29. The molecule has 10 heteroatoms. The maximum absolute atomic E-state index is 15.2. The van der Waals surface area contributed by atoms with Crippen molar-refractivity contribution >= 4 is 28.3 Å². The maximum Gasteiger partial charge on any atom is 0.393 e. The molecule has 1 saturated heterocycles. The number of aromatic nitrogens is 3. The van der Waals surface area contributed by atoms with E-state index in [0.29, 0.717) is 53.2 Å². The summed E-state index contributed by atoms with van der Waals surface area (Å²) in [4.78, 5) is 8.56. The Hall–Kier alpha value is -4.05. The van der Waals surface area contributed by atoms with E-state index in [1.54, 1.807) is 66.9 Å². The highest BCUT2D eigenvalue weighted by atomic mass is 19.4. The van der Waals surface area contributed by atoms with Crippen LogP contribution in [0.5, 0.6) is 5.88 Å². The minimum Gasteiger partial charge on any atom is -0.468 e. The van der Waals surface area contributed by atoms with Crippen LogP contribution in [0.3, 0.4) is 0 Å². The van der Waals surface area contributed by atoms with Crippen LogP contribution in [0.25, 0.3) is 22.0 Å². The lowest BCUT2D eigenvalue weighted by atomic mass is 9.88. The van der Waals surface area contributed by atoms with Crippen molar-refractivity contribution in [1.29, 1.82) is 0 Å². The number of ether oxygens (including phenoxy) is 2. The van der Waals surface area contributed by atoms with Gasteiger partial charge in [0.25, 0.3) is 0 Å². The van der Waals surface area contributed by atoms with Crippen LogP contribution in [0.2, 0.25) is 0 Å². The lowest BCUT2D eigenvalue weighted by Crippen LogP contribution is -2.19. The van der Waals surface area contributed by atoms with E-state index in [-0.39, 0.29) is 23.3 Å². The molecular formula is C31H28F4N4O2. The van der Waals surface area contributed by atoms with Gasteiger partial charge in [0, 0.05) is 43.6 Å². The van der Waals surface area contributed by atoms with Crippen molar-refractivity contribution in [2.45, 2.75) is 50.6 Å². The summed E-state index contributed by atoms with van der Waals surface area (Å²) in [5.41, 5.74) is 2.16. The fourth-order valence-electron chi connectivity index (χ4n) is 5.40. The van der Waals surface area contributed by atoms with Crippen LogP contribution in [0.1, 0.15) is 55.0 Å². The second-order valence-electron chi connectivity index (χ2n) is 10.2. The smallest absolute Gasteiger partial charge is 0.393 e. The molecule has 0 saturated carbocycles. The predicted octanol–water partition coefficient (Wildman–Crippen LogP) is 7.40. The van der Waals surface area contributed by atoms with Crippen molar-refractivity contribution in [3.05, 3.63) is 89.5 Å². The van der Waals surface area contributed by atoms with Crippen molar-refractivity contribution in [3.63, 3.8) is 0 Å². The van der Waals surface area contributed by atoms with Crippen LogP contribution >= 0.6 is 0 Å². The lowest BCUT2D eigenvalue weighted by molar-refractivity contribution is -0.122. The zero-order chi connectivity index (χ0) is 28.4. The fourth-order valence-corrected chi connectivity index (χ4v) is 5.40. The number of benzene rings is 2. The fraction of sp³-hybridized carbons (Fsp3) is 0.323. The predicted molar refractivity (Wildman–Crippen MR) is 148 cm³/mol. The third-order valence-electron chi connectivity index (χ3n) is 7.29. The van der Waals surface area contributed by atoms with Gasteiger partial charge in [-0.3, -0.25) is 4.99 Å². The van der Waals surface area contributed by atoms with Crippen molar-refractivity contribution < 1.29 is 27.0 Å². The van der Waals surface area contributed by atoms with Gasteiger partial charge in [-0.05, 0) is 59.7 Å². The molecular weight excluding hydrogens is 536 g/mol. The van der Waals surface area contributed by atoms with Gasteiger partial charge in [-0.25, -0.2) is 9.67 Å². The van der Waals surface area contributed by atoms with E-state index in [1.165, 1.54) is 10.9 Å². The standard InChI is InChI=1S/C31H28F4N4O2/c32-30-24-16-21(9-11-26(24)39(38-30)28-8-4-5-15-40-28)29(25(17-31(33,34)35)20-6-2-1-3-7-20)22-10-12-27(37-18-22)41-23-13-14-36-19-23/h1-3,6-7,9-12,16,18-19,23,28H,4-5,8,13-15,17H2/b29-25-/t23-,28-/m1/s1. The number of aliphatic imine (C=N–C) groups is 1. The maximum atomic E-state index is 15.2. The molecule has 2 atom stereocenters. The van der Waals surface area contributed by atoms with E-state index < -0.39 is 18.5 Å². The molecule has 0 unspecified atom stereocenters. The first-order chi connectivity index (χ1) is 19.9. The van der Waals surface area contributed by atoms with E-state index >= 15 is 4.39 Å². The monoisotopic (exact) mass is 564 g/mol. The van der Waals surface area contributed by atoms with E-state index in [1.807, 2.05) is 0 Å². The van der Waals surface area contributed by atoms with Crippen molar-refractivity contribution in [2.24, 2.45) is 4.99 Å². The zero-order valence-electron chi connectivity index (χ0n) is 22.1. The molecule has 212 valence electrons. The van der Waals surface area contributed by atoms with Gasteiger partial charge >= 0.3 is 6.18 Å². The SMILES string of the molecule is Fc1nn([C@H]2CCCCO2)c2ccc(/C(=C(\CC(F)(F)F)c3ccccc3)c3ccc(O[C@H]4C=NCC4)nc3)cc12. The van der Waals surface area contributed by atoms with E-state index in [2.05, 4.69) is 15.1 Å². The minimum absolute atomic E-state index is 0.0549. The summed E-state index contributed by atoms with van der Waals surface area (Å²) in [6, 6.07) is 16.7. The van der Waals surface area contributed by atoms with E-state index in [9.17, 15) is 13.2 Å². The molecule has 2 aliphatic rings. The van der Waals surface area contributed by atoms with Gasteiger partial charge in [0.15, 0.2) is 6.23 Å². The molecule has 0 aliphatic carbocycles. The molecule has 0 N–H and O–H groups in total. The Kier molecular flexibility index (Phi) is 7.57. The van der Waals surface area contributed by atoms with E-state index in [4.69, 9.17) is 9.47 Å². The summed E-state index contributed by atoms with van der Waals surface area (Å²) in [6.45, 7) is 1.24. The Morgan fingerprint density at radius 1 is 0.976 bits per heavy atom. The molecule has 41 heavy (non-hydrogen) atoms. The third kappa shape index (κ3) is 6.02. The quantitative estimate of drug-likeness (QED) is 0.173. The average Bonchev–Trinajstić information content (AvgIpc) is 3.61. The normalized spacial score (nSPS) is 19.9. The molecule has 0 amide bonds. The molecule has 4 heterocycles. The highest BCUT2D eigenvalue weighted by Crippen LogP contribution is 2.40. The summed E-state index contributed by atoms with van der Waals surface area (Å²) in [6.07, 6.45) is 0.290. The van der Waals surface area contributed by atoms with Crippen molar-refractivity contribution in [1.82, 2.24) is 14.8 Å². The first-order valence-electron chi connectivity index (χ1n) is 13.6. The van der Waals surface area contributed by atoms with Gasteiger partial charge in [-0.1, -0.05) is 36.4 Å². The first-order valence-corrected chi connectivity index (χ1v) is 13.6. The molecule has 0 bridgehead atoms. The van der Waals surface area contributed by atoms with Crippen molar-refractivity contribution in [3.8, 4) is 5.88 Å². The number of fused-ring (bicyclic) bond motifs is 1. The summed E-state index contributed by atoms with van der Waals surface area (Å²) in [5.74, 6) is -0.355. The molecule has 6 nitrogen and oxygen atoms in total. The number of hydrogen-bond donors (Lipinski definition) is 0. The highest BCUT2D eigenvalue weighted by Gasteiger charge is 2.32. The summed E-state index contributed by atoms with van der Waals surface area (Å²) in [5, 5.41) is 4.31. The Morgan fingerprint density at radius 2 is 1.80 bits per heavy atom. The van der Waals surface area contributed by atoms with Gasteiger partial charge < -0.3 is 9.47 Å². The van der Waals surface area contributed by atoms with Crippen LogP contribution in [0.4, 0.5) is 17.6 Å². The van der Waals surface area contributed by atoms with Crippen LogP contribution in [-0.4, -0.2) is 46.4 Å². The topological polar surface area (TPSA) is 61.5 Å². The number of hydrogen-bond acceptors (Lipinski definition) is 5. The largest absolute Gasteiger partial charge is 0.468 e. The number of pyridine rings is 1. The second kappa shape index (κ2) is 11.4. The molecule has 2 aliphatic heterocycles. The van der Waals surface area contributed by atoms with Gasteiger partial charge in [-0.15, -0.1) is 5.10 Å². The molecule has 2 aromatic carbocycles. The van der Waals surface area contributed by atoms with Crippen LogP contribution in [-0.2, 0) is 4.74 Å². The molecule has 0 spiro atoms. The molecule has 1 fully saturated rings.